The maximum absolute atomic E-state index is 11.3. The number of ether oxygens (including phenoxy) is 1. The minimum absolute atomic E-state index is 0.00545. The van der Waals surface area contributed by atoms with Gasteiger partial charge in [0, 0.05) is 0 Å². The molecule has 0 bridgehead atoms. The molecule has 0 unspecified atom stereocenters. The van der Waals surface area contributed by atoms with E-state index in [0.29, 0.717) is 0 Å². The molecule has 0 saturated carbocycles. The summed E-state index contributed by atoms with van der Waals surface area (Å²) in [6.07, 6.45) is 0.842. The average Bonchev–Trinajstić information content (AvgIpc) is 2.10. The first kappa shape index (κ1) is 13.6. The number of hydrogen-bond donors (Lipinski definition) is 0. The summed E-state index contributed by atoms with van der Waals surface area (Å²) in [5.41, 5.74) is 0. The second-order valence-electron chi connectivity index (χ2n) is 4.49. The van der Waals surface area contributed by atoms with Gasteiger partial charge in [0.1, 0.15) is 0 Å². The van der Waals surface area contributed by atoms with E-state index in [0.717, 1.165) is 6.42 Å². The van der Waals surface area contributed by atoms with E-state index in [2.05, 4.69) is 19.6 Å². The van der Waals surface area contributed by atoms with Crippen LogP contribution in [0.15, 0.2) is 0 Å². The summed E-state index contributed by atoms with van der Waals surface area (Å²) < 4.78 is 10.6. The molecule has 14 heavy (non-hydrogen) atoms. The molecule has 2 atom stereocenters. The van der Waals surface area contributed by atoms with E-state index in [-0.39, 0.29) is 18.0 Å². The molecule has 0 aliphatic heterocycles. The Morgan fingerprint density at radius 2 is 1.86 bits per heavy atom. The van der Waals surface area contributed by atoms with Gasteiger partial charge in [0.25, 0.3) is 0 Å². The lowest BCUT2D eigenvalue weighted by atomic mass is 10.0. The van der Waals surface area contributed by atoms with Gasteiger partial charge >= 0.3 is 5.97 Å². The first-order chi connectivity index (χ1) is 6.31. The van der Waals surface area contributed by atoms with Crippen molar-refractivity contribution in [3.8, 4) is 0 Å². The highest BCUT2D eigenvalue weighted by Gasteiger charge is 2.28. The Hall–Kier alpha value is -0.353. The van der Waals surface area contributed by atoms with Crippen LogP contribution in [-0.4, -0.2) is 27.5 Å². The summed E-state index contributed by atoms with van der Waals surface area (Å²) in [6.45, 7) is 10.3. The third kappa shape index (κ3) is 4.76. The van der Waals surface area contributed by atoms with Gasteiger partial charge in [0.05, 0.1) is 19.1 Å². The van der Waals surface area contributed by atoms with Crippen molar-refractivity contribution < 1.29 is 14.0 Å². The van der Waals surface area contributed by atoms with Crippen molar-refractivity contribution in [3.05, 3.63) is 0 Å². The first-order valence-corrected chi connectivity index (χ1v) is 8.48. The minimum Gasteiger partial charge on any atom is -0.469 e. The van der Waals surface area contributed by atoms with E-state index in [9.17, 15) is 4.79 Å². The van der Waals surface area contributed by atoms with E-state index >= 15 is 0 Å². The van der Waals surface area contributed by atoms with E-state index in [1.54, 1.807) is 0 Å². The van der Waals surface area contributed by atoms with Crippen molar-refractivity contribution in [2.45, 2.75) is 46.0 Å². The number of rotatable bonds is 5. The molecule has 0 aromatic heterocycles. The summed E-state index contributed by atoms with van der Waals surface area (Å²) in [7, 11) is -0.154. The highest BCUT2D eigenvalue weighted by atomic mass is 28.4. The first-order valence-electron chi connectivity index (χ1n) is 5.07. The highest BCUT2D eigenvalue weighted by Crippen LogP contribution is 2.18. The normalized spacial score (nSPS) is 16.1. The lowest BCUT2D eigenvalue weighted by Crippen LogP contribution is -2.38. The largest absolute Gasteiger partial charge is 0.469 e. The van der Waals surface area contributed by atoms with E-state index < -0.39 is 8.32 Å². The van der Waals surface area contributed by atoms with Gasteiger partial charge in [-0.15, -0.1) is 0 Å². The lowest BCUT2D eigenvalue weighted by Gasteiger charge is -2.28. The van der Waals surface area contributed by atoms with Crippen LogP contribution in [0.1, 0.15) is 20.3 Å². The molecule has 0 rings (SSSR count). The van der Waals surface area contributed by atoms with Crippen LogP contribution in [0.4, 0.5) is 0 Å². The molecule has 0 fully saturated rings. The molecule has 0 heterocycles. The summed E-state index contributed by atoms with van der Waals surface area (Å²) >= 11 is 0. The van der Waals surface area contributed by atoms with Crippen LogP contribution >= 0.6 is 0 Å². The zero-order chi connectivity index (χ0) is 11.4. The average molecular weight is 218 g/mol. The Balaban J connectivity index is 4.33. The number of esters is 1. The van der Waals surface area contributed by atoms with Crippen LogP contribution < -0.4 is 0 Å². The second kappa shape index (κ2) is 5.51. The molecule has 0 radical (unpaired) electrons. The summed E-state index contributed by atoms with van der Waals surface area (Å²) in [5, 5.41) is 0. The fourth-order valence-corrected chi connectivity index (χ4v) is 2.61. The quantitative estimate of drug-likeness (QED) is 0.525. The Bertz CT molecular complexity index is 186. The van der Waals surface area contributed by atoms with E-state index in [1.807, 2.05) is 13.8 Å². The number of methoxy groups -OCH3 is 1. The Labute approximate surface area is 87.9 Å². The van der Waals surface area contributed by atoms with Gasteiger partial charge in [0.2, 0.25) is 0 Å². The molecule has 0 aromatic rings. The zero-order valence-electron chi connectivity index (χ0n) is 10.1. The fourth-order valence-electron chi connectivity index (χ4n) is 1.33. The number of hydrogen-bond acceptors (Lipinski definition) is 3. The molecular weight excluding hydrogens is 196 g/mol. The highest BCUT2D eigenvalue weighted by molar-refractivity contribution is 6.69. The van der Waals surface area contributed by atoms with Gasteiger partial charge in [-0.2, -0.15) is 0 Å². The SMILES string of the molecule is CC[C@H](O[Si](C)(C)C)[C@@H](C)C(=O)OC. The molecule has 3 nitrogen and oxygen atoms in total. The van der Waals surface area contributed by atoms with Crippen molar-refractivity contribution in [1.29, 1.82) is 0 Å². The van der Waals surface area contributed by atoms with Crippen LogP contribution in [0.25, 0.3) is 0 Å². The maximum atomic E-state index is 11.3. The van der Waals surface area contributed by atoms with Crippen LogP contribution in [0.5, 0.6) is 0 Å². The van der Waals surface area contributed by atoms with E-state index in [4.69, 9.17) is 9.16 Å². The van der Waals surface area contributed by atoms with Gasteiger partial charge in [-0.05, 0) is 33.0 Å². The van der Waals surface area contributed by atoms with Crippen LogP contribution in [0.2, 0.25) is 19.6 Å². The predicted molar refractivity (Wildman–Crippen MR) is 59.7 cm³/mol. The van der Waals surface area contributed by atoms with Crippen molar-refractivity contribution in [2.24, 2.45) is 5.92 Å². The summed E-state index contributed by atoms with van der Waals surface area (Å²) in [6, 6.07) is 0. The summed E-state index contributed by atoms with van der Waals surface area (Å²) in [5.74, 6) is -0.355. The van der Waals surface area contributed by atoms with Crippen molar-refractivity contribution >= 4 is 14.3 Å². The minimum atomic E-state index is -1.57. The van der Waals surface area contributed by atoms with Gasteiger partial charge in [0.15, 0.2) is 8.32 Å². The number of carbonyl (C=O) groups excluding carboxylic acids is 1. The molecular formula is C10H22O3Si. The molecule has 0 N–H and O–H groups in total. The second-order valence-corrected chi connectivity index (χ2v) is 8.95. The van der Waals surface area contributed by atoms with Crippen LogP contribution in [0.3, 0.4) is 0 Å². The smallest absolute Gasteiger partial charge is 0.310 e. The standard InChI is InChI=1S/C10H22O3Si/c1-7-9(13-14(4,5)6)8(2)10(11)12-3/h8-9H,7H2,1-6H3/t8-,9+/m1/s1. The van der Waals surface area contributed by atoms with Crippen LogP contribution in [0, 0.1) is 5.92 Å². The van der Waals surface area contributed by atoms with Crippen molar-refractivity contribution in [1.82, 2.24) is 0 Å². The molecule has 84 valence electrons. The topological polar surface area (TPSA) is 35.5 Å². The fraction of sp³-hybridized carbons (Fsp3) is 0.900. The van der Waals surface area contributed by atoms with Gasteiger partial charge < -0.3 is 9.16 Å². The zero-order valence-corrected chi connectivity index (χ0v) is 11.1. The summed E-state index contributed by atoms with van der Waals surface area (Å²) in [4.78, 5) is 11.3. The number of carbonyl (C=O) groups is 1. The van der Waals surface area contributed by atoms with Crippen molar-refractivity contribution in [2.75, 3.05) is 7.11 Å². The molecule has 4 heteroatoms. The Kier molecular flexibility index (Phi) is 5.37. The monoisotopic (exact) mass is 218 g/mol. The molecule has 0 saturated heterocycles. The molecule has 0 spiro atoms. The third-order valence-corrected chi connectivity index (χ3v) is 3.05. The van der Waals surface area contributed by atoms with Gasteiger partial charge in [-0.3, -0.25) is 4.79 Å². The molecule has 0 aromatic carbocycles. The van der Waals surface area contributed by atoms with Crippen LogP contribution in [-0.2, 0) is 14.0 Å². The third-order valence-electron chi connectivity index (χ3n) is 2.04. The van der Waals surface area contributed by atoms with Gasteiger partial charge in [-0.1, -0.05) is 6.92 Å². The lowest BCUT2D eigenvalue weighted by molar-refractivity contribution is -0.148. The predicted octanol–water partition coefficient (Wildman–Crippen LogP) is 2.43. The maximum Gasteiger partial charge on any atom is 0.310 e. The molecule has 0 aliphatic carbocycles. The Morgan fingerprint density at radius 1 is 1.36 bits per heavy atom. The van der Waals surface area contributed by atoms with E-state index in [1.165, 1.54) is 7.11 Å². The molecule has 0 amide bonds. The Morgan fingerprint density at radius 3 is 2.14 bits per heavy atom. The van der Waals surface area contributed by atoms with Crippen molar-refractivity contribution in [3.63, 3.8) is 0 Å². The molecule has 0 aliphatic rings. The van der Waals surface area contributed by atoms with Gasteiger partial charge in [-0.25, -0.2) is 0 Å².